The molecular formula is C8H17BBr2S. The van der Waals surface area contributed by atoms with Gasteiger partial charge in [-0.05, 0) is 25.4 Å². The summed E-state index contributed by atoms with van der Waals surface area (Å²) >= 11 is 8.65. The van der Waals surface area contributed by atoms with Gasteiger partial charge in [-0.1, -0.05) is 25.4 Å². The van der Waals surface area contributed by atoms with Gasteiger partial charge in [0.05, 0.1) is 0 Å². The highest BCUT2D eigenvalue weighted by atomic mass is 79.9. The number of hydrogen-bond donors (Lipinski definition) is 0. The van der Waals surface area contributed by atoms with Crippen LogP contribution >= 0.6 is 43.3 Å². The summed E-state index contributed by atoms with van der Waals surface area (Å²) in [5.41, 5.74) is 1.43. The summed E-state index contributed by atoms with van der Waals surface area (Å²) in [4.78, 5) is 0. The van der Waals surface area contributed by atoms with Crippen molar-refractivity contribution in [2.24, 2.45) is 0 Å². The van der Waals surface area contributed by atoms with Crippen molar-refractivity contribution >= 4 is 47.6 Å². The Morgan fingerprint density at radius 1 is 1.33 bits per heavy atom. The Balaban J connectivity index is 0. The molecule has 72 valence electrons. The molecule has 0 unspecified atom stereocenters. The van der Waals surface area contributed by atoms with Gasteiger partial charge in [0.1, 0.15) is 0 Å². The molecular weight excluding hydrogens is 299 g/mol. The lowest BCUT2D eigenvalue weighted by Crippen LogP contribution is -1.95. The van der Waals surface area contributed by atoms with Crippen LogP contribution in [0.5, 0.6) is 0 Å². The molecule has 0 radical (unpaired) electrons. The van der Waals surface area contributed by atoms with Crippen LogP contribution in [0, 0.1) is 0 Å². The van der Waals surface area contributed by atoms with Gasteiger partial charge in [0, 0.05) is 0 Å². The fraction of sp³-hybridized carbons (Fsp3) is 0.750. The Labute approximate surface area is 98.0 Å². The van der Waals surface area contributed by atoms with Crippen LogP contribution in [0.3, 0.4) is 0 Å². The van der Waals surface area contributed by atoms with E-state index < -0.39 is 0 Å². The third-order valence-electron chi connectivity index (χ3n) is 1.15. The van der Waals surface area contributed by atoms with Gasteiger partial charge in [-0.2, -0.15) is 11.8 Å². The molecule has 0 fully saturated rings. The van der Waals surface area contributed by atoms with Crippen molar-refractivity contribution in [1.82, 2.24) is 0 Å². The van der Waals surface area contributed by atoms with Gasteiger partial charge in [-0.25, -0.2) is 0 Å². The first-order valence-corrected chi connectivity index (χ1v) is 7.47. The summed E-state index contributed by atoms with van der Waals surface area (Å²) in [5, 5.41) is 0. The smallest absolute Gasteiger partial charge is 0.169 e. The van der Waals surface area contributed by atoms with E-state index in [9.17, 15) is 0 Å². The van der Waals surface area contributed by atoms with Crippen molar-refractivity contribution in [1.29, 1.82) is 0 Å². The first kappa shape index (κ1) is 15.6. The van der Waals surface area contributed by atoms with Crippen molar-refractivity contribution in [3.63, 3.8) is 0 Å². The normalized spacial score (nSPS) is 10.3. The van der Waals surface area contributed by atoms with Gasteiger partial charge < -0.3 is 0 Å². The molecule has 0 spiro atoms. The van der Waals surface area contributed by atoms with Crippen molar-refractivity contribution in [3.05, 3.63) is 11.5 Å². The minimum Gasteiger partial charge on any atom is -0.169 e. The van der Waals surface area contributed by atoms with E-state index in [-0.39, 0.29) is 0 Å². The molecule has 0 aliphatic heterocycles. The van der Waals surface area contributed by atoms with Crippen molar-refractivity contribution < 1.29 is 0 Å². The summed E-state index contributed by atoms with van der Waals surface area (Å²) in [6.45, 7) is 4.31. The number of thioether (sulfide) groups is 1. The molecule has 0 N–H and O–H groups in total. The Kier molecular flexibility index (Phi) is 15.7. The highest BCUT2D eigenvalue weighted by molar-refractivity contribution is 9.49. The highest BCUT2D eigenvalue weighted by Crippen LogP contribution is 2.17. The Morgan fingerprint density at radius 2 is 1.75 bits per heavy atom. The maximum atomic E-state index is 3.45. The van der Waals surface area contributed by atoms with Gasteiger partial charge in [-0.3, -0.25) is 0 Å². The van der Waals surface area contributed by atoms with Crippen molar-refractivity contribution in [3.8, 4) is 0 Å². The lowest BCUT2D eigenvalue weighted by Gasteiger charge is -1.99. The minimum atomic E-state index is 0.370. The maximum absolute atomic E-state index is 3.45. The Hall–Kier alpha value is 1.11. The van der Waals surface area contributed by atoms with E-state index in [1.807, 2.05) is 12.5 Å². The van der Waals surface area contributed by atoms with E-state index in [0.29, 0.717) is 4.36 Å². The molecule has 0 aromatic rings. The van der Waals surface area contributed by atoms with Crippen LogP contribution in [-0.2, 0) is 0 Å². The van der Waals surface area contributed by atoms with E-state index in [1.165, 1.54) is 5.47 Å². The monoisotopic (exact) mass is 314 g/mol. The van der Waals surface area contributed by atoms with Gasteiger partial charge in [0.15, 0.2) is 0 Å². The first-order valence-electron chi connectivity index (χ1n) is 4.01. The van der Waals surface area contributed by atoms with E-state index >= 15 is 0 Å². The second-order valence-electron chi connectivity index (χ2n) is 2.25. The molecule has 0 bridgehead atoms. The Morgan fingerprint density at radius 3 is 1.83 bits per heavy atom. The quantitative estimate of drug-likeness (QED) is 0.690. The van der Waals surface area contributed by atoms with Crippen LogP contribution in [0.15, 0.2) is 11.5 Å². The molecule has 0 saturated carbocycles. The van der Waals surface area contributed by atoms with Crippen molar-refractivity contribution in [2.75, 3.05) is 12.5 Å². The predicted octanol–water partition coefficient (Wildman–Crippen LogP) is 4.53. The number of allylic oxidation sites excluding steroid dienone is 2. The van der Waals surface area contributed by atoms with Crippen LogP contribution in [-0.4, -0.2) is 16.9 Å². The van der Waals surface area contributed by atoms with Crippen LogP contribution in [0.4, 0.5) is 0 Å². The van der Waals surface area contributed by atoms with E-state index in [1.54, 1.807) is 11.8 Å². The summed E-state index contributed by atoms with van der Waals surface area (Å²) in [7, 11) is 0. The third kappa shape index (κ3) is 11.1. The second-order valence-corrected chi connectivity index (χ2v) is 6.13. The van der Waals surface area contributed by atoms with Crippen LogP contribution < -0.4 is 0 Å². The van der Waals surface area contributed by atoms with Crippen LogP contribution in [0.25, 0.3) is 0 Å². The number of halogens is 2. The number of rotatable bonds is 3. The lowest BCUT2D eigenvalue weighted by molar-refractivity contribution is 1.13. The van der Waals surface area contributed by atoms with Crippen LogP contribution in [0.1, 0.15) is 26.7 Å². The molecule has 0 aromatic heterocycles. The van der Waals surface area contributed by atoms with Gasteiger partial charge in [0.2, 0.25) is 0 Å². The molecule has 0 atom stereocenters. The molecule has 0 aromatic carbocycles. The van der Waals surface area contributed by atoms with E-state index in [0.717, 1.165) is 12.8 Å². The predicted molar refractivity (Wildman–Crippen MR) is 71.7 cm³/mol. The van der Waals surface area contributed by atoms with Crippen LogP contribution in [0.2, 0.25) is 0 Å². The van der Waals surface area contributed by atoms with Gasteiger partial charge in [0.25, 0.3) is 0 Å². The average molecular weight is 316 g/mol. The fourth-order valence-corrected chi connectivity index (χ4v) is 1.67. The molecule has 0 heterocycles. The molecule has 12 heavy (non-hydrogen) atoms. The van der Waals surface area contributed by atoms with E-state index in [4.69, 9.17) is 0 Å². The zero-order valence-corrected chi connectivity index (χ0v) is 12.2. The summed E-state index contributed by atoms with van der Waals surface area (Å²) in [5.74, 6) is 0. The fourth-order valence-electron chi connectivity index (χ4n) is 0.650. The zero-order valence-electron chi connectivity index (χ0n) is 8.23. The highest BCUT2D eigenvalue weighted by Gasteiger charge is 2.07. The summed E-state index contributed by atoms with van der Waals surface area (Å²) in [6, 6.07) is 0. The van der Waals surface area contributed by atoms with Crippen molar-refractivity contribution in [2.45, 2.75) is 26.7 Å². The zero-order chi connectivity index (χ0) is 9.98. The Bertz CT molecular complexity index is 116. The molecule has 0 amide bonds. The molecule has 4 heteroatoms. The van der Waals surface area contributed by atoms with Gasteiger partial charge >= 0.3 is 4.36 Å². The average Bonchev–Trinajstić information content (AvgIpc) is 2.01. The van der Waals surface area contributed by atoms with E-state index in [2.05, 4.69) is 51.4 Å². The molecule has 0 saturated heterocycles. The lowest BCUT2D eigenvalue weighted by atomic mass is 9.91. The second kappa shape index (κ2) is 12.1. The standard InChI is InChI=1S/C6H11BBr2.C2H6S/c1-3-5-6(4-2)7(8)9;1-3-2/h5H,3-4H2,1-2H3;1-2H3/b6-5+;. The molecule has 0 rings (SSSR count). The third-order valence-corrected chi connectivity index (χ3v) is 2.33. The maximum Gasteiger partial charge on any atom is 0.325 e. The SMILES string of the molecule is CC/C=C(\CC)B(Br)Br.CSC. The number of hydrogen-bond acceptors (Lipinski definition) is 1. The summed E-state index contributed by atoms with van der Waals surface area (Å²) < 4.78 is 0.370. The largest absolute Gasteiger partial charge is 0.325 e. The summed E-state index contributed by atoms with van der Waals surface area (Å²) in [6.07, 6.45) is 8.57. The topological polar surface area (TPSA) is 0 Å². The molecule has 0 nitrogen and oxygen atoms in total. The molecule has 0 aliphatic rings. The molecule has 0 aliphatic carbocycles. The minimum absolute atomic E-state index is 0.370. The first-order chi connectivity index (χ1) is 5.63. The van der Waals surface area contributed by atoms with Gasteiger partial charge in [-0.15, -0.1) is 31.5 Å².